The summed E-state index contributed by atoms with van der Waals surface area (Å²) in [6.45, 7) is 2.15. The number of ketones is 1. The Morgan fingerprint density at radius 3 is 2.38 bits per heavy atom. The third kappa shape index (κ3) is 4.32. The topological polar surface area (TPSA) is 103 Å². The van der Waals surface area contributed by atoms with Crippen molar-refractivity contribution in [2.24, 2.45) is 0 Å². The standard InChI is InChI=1S/C23H25FN4O4/c1-14(29)22(31)27-8-10-28(11-9-27)23(32)18-12-15(6-7-19(18)24)13-20-16-4-2-3-5-17(16)21(30)26-25-20/h6-7,12H,2-5,8-11,13H2,1H3,(H,26,30). The molecular formula is C23H25FN4O4. The molecule has 1 aliphatic heterocycles. The molecule has 0 bridgehead atoms. The molecule has 1 aromatic heterocycles. The van der Waals surface area contributed by atoms with Crippen LogP contribution in [0.5, 0.6) is 0 Å². The van der Waals surface area contributed by atoms with Crippen molar-refractivity contribution in [2.45, 2.75) is 39.0 Å². The lowest BCUT2D eigenvalue weighted by molar-refractivity contribution is -0.144. The molecule has 8 nitrogen and oxygen atoms in total. The van der Waals surface area contributed by atoms with E-state index in [1.54, 1.807) is 6.07 Å². The van der Waals surface area contributed by atoms with Crippen LogP contribution in [-0.4, -0.2) is 63.8 Å². The van der Waals surface area contributed by atoms with Gasteiger partial charge in [0.1, 0.15) is 5.82 Å². The van der Waals surface area contributed by atoms with E-state index in [-0.39, 0.29) is 37.3 Å². The van der Waals surface area contributed by atoms with Crippen LogP contribution < -0.4 is 5.56 Å². The first-order chi connectivity index (χ1) is 15.3. The summed E-state index contributed by atoms with van der Waals surface area (Å²) in [5.41, 5.74) is 3.03. The predicted octanol–water partition coefficient (Wildman–Crippen LogP) is 1.25. The van der Waals surface area contributed by atoms with Crippen LogP contribution in [0.3, 0.4) is 0 Å². The Labute approximate surface area is 184 Å². The van der Waals surface area contributed by atoms with Crippen LogP contribution in [0, 0.1) is 5.82 Å². The molecule has 2 amide bonds. The zero-order chi connectivity index (χ0) is 22.8. The van der Waals surface area contributed by atoms with Crippen LogP contribution in [-0.2, 0) is 28.9 Å². The van der Waals surface area contributed by atoms with Crippen molar-refractivity contribution in [3.63, 3.8) is 0 Å². The maximum Gasteiger partial charge on any atom is 0.289 e. The number of carbonyl (C=O) groups is 3. The van der Waals surface area contributed by atoms with Crippen molar-refractivity contribution in [1.29, 1.82) is 0 Å². The number of nitrogens with one attached hydrogen (secondary N) is 1. The average molecular weight is 440 g/mol. The van der Waals surface area contributed by atoms with Crippen LogP contribution in [0.1, 0.15) is 52.5 Å². The van der Waals surface area contributed by atoms with Gasteiger partial charge in [0.25, 0.3) is 17.4 Å². The van der Waals surface area contributed by atoms with Crippen LogP contribution in [0.2, 0.25) is 0 Å². The summed E-state index contributed by atoms with van der Waals surface area (Å²) in [7, 11) is 0. The molecule has 1 aromatic carbocycles. The number of fused-ring (bicyclic) bond motifs is 1. The van der Waals surface area contributed by atoms with E-state index >= 15 is 0 Å². The highest BCUT2D eigenvalue weighted by molar-refractivity contribution is 6.35. The number of hydrogen-bond acceptors (Lipinski definition) is 5. The minimum Gasteiger partial charge on any atom is -0.335 e. The Balaban J connectivity index is 1.52. The van der Waals surface area contributed by atoms with E-state index in [1.807, 2.05) is 0 Å². The van der Waals surface area contributed by atoms with Gasteiger partial charge >= 0.3 is 0 Å². The minimum absolute atomic E-state index is 0.0351. The first-order valence-electron chi connectivity index (χ1n) is 10.8. The zero-order valence-corrected chi connectivity index (χ0v) is 17.9. The Morgan fingerprint density at radius 2 is 1.69 bits per heavy atom. The molecule has 2 aliphatic rings. The zero-order valence-electron chi connectivity index (χ0n) is 17.9. The average Bonchev–Trinajstić information content (AvgIpc) is 2.81. The maximum absolute atomic E-state index is 14.5. The number of rotatable bonds is 4. The molecule has 2 heterocycles. The largest absolute Gasteiger partial charge is 0.335 e. The van der Waals surface area contributed by atoms with Crippen LogP contribution in [0.4, 0.5) is 4.39 Å². The Morgan fingerprint density at radius 1 is 1.03 bits per heavy atom. The summed E-state index contributed by atoms with van der Waals surface area (Å²) in [4.78, 5) is 51.0. The highest BCUT2D eigenvalue weighted by atomic mass is 19.1. The molecule has 1 N–H and O–H groups in total. The van der Waals surface area contributed by atoms with Gasteiger partial charge in [-0.2, -0.15) is 5.10 Å². The van der Waals surface area contributed by atoms with Crippen molar-refractivity contribution >= 4 is 17.6 Å². The normalized spacial score (nSPS) is 15.9. The second-order valence-electron chi connectivity index (χ2n) is 8.30. The molecule has 32 heavy (non-hydrogen) atoms. The summed E-state index contributed by atoms with van der Waals surface area (Å²) < 4.78 is 14.5. The van der Waals surface area contributed by atoms with Gasteiger partial charge in [0.05, 0.1) is 11.3 Å². The van der Waals surface area contributed by atoms with Crippen LogP contribution >= 0.6 is 0 Å². The molecular weight excluding hydrogens is 415 g/mol. The molecule has 0 unspecified atom stereocenters. The molecule has 9 heteroatoms. The van der Waals surface area contributed by atoms with Gasteiger partial charge in [0, 0.05) is 45.1 Å². The molecule has 0 atom stereocenters. The van der Waals surface area contributed by atoms with Crippen LogP contribution in [0.15, 0.2) is 23.0 Å². The monoisotopic (exact) mass is 440 g/mol. The molecule has 1 fully saturated rings. The van der Waals surface area contributed by atoms with E-state index in [0.717, 1.165) is 48.1 Å². The van der Waals surface area contributed by atoms with E-state index < -0.39 is 23.4 Å². The highest BCUT2D eigenvalue weighted by Gasteiger charge is 2.28. The summed E-state index contributed by atoms with van der Waals surface area (Å²) in [6.07, 6.45) is 3.88. The van der Waals surface area contributed by atoms with Crippen LogP contribution in [0.25, 0.3) is 0 Å². The smallest absolute Gasteiger partial charge is 0.289 e. The molecule has 1 aliphatic carbocycles. The van der Waals surface area contributed by atoms with Gasteiger partial charge in [-0.3, -0.25) is 19.2 Å². The number of hydrogen-bond donors (Lipinski definition) is 1. The molecule has 168 valence electrons. The lowest BCUT2D eigenvalue weighted by Gasteiger charge is -2.34. The summed E-state index contributed by atoms with van der Waals surface area (Å²) >= 11 is 0. The first-order valence-corrected chi connectivity index (χ1v) is 10.8. The first kappa shape index (κ1) is 21.9. The fourth-order valence-electron chi connectivity index (χ4n) is 4.42. The Kier molecular flexibility index (Phi) is 6.16. The lowest BCUT2D eigenvalue weighted by Crippen LogP contribution is -2.52. The number of halogens is 1. The van der Waals surface area contributed by atoms with Gasteiger partial charge in [0.15, 0.2) is 0 Å². The van der Waals surface area contributed by atoms with E-state index in [4.69, 9.17) is 0 Å². The van der Waals surface area contributed by atoms with Crippen molar-refractivity contribution in [3.05, 3.63) is 62.3 Å². The second-order valence-corrected chi connectivity index (χ2v) is 8.30. The summed E-state index contributed by atoms with van der Waals surface area (Å²) in [6, 6.07) is 4.43. The molecule has 0 radical (unpaired) electrons. The van der Waals surface area contributed by atoms with E-state index in [9.17, 15) is 23.6 Å². The molecule has 0 saturated carbocycles. The van der Waals surface area contributed by atoms with Crippen molar-refractivity contribution < 1.29 is 18.8 Å². The quantitative estimate of drug-likeness (QED) is 0.721. The second kappa shape index (κ2) is 9.02. The molecule has 2 aromatic rings. The number of aromatic nitrogens is 2. The van der Waals surface area contributed by atoms with Gasteiger partial charge in [-0.05, 0) is 48.9 Å². The number of H-pyrrole nitrogens is 1. The fourth-order valence-corrected chi connectivity index (χ4v) is 4.42. The van der Waals surface area contributed by atoms with Crippen molar-refractivity contribution in [3.8, 4) is 0 Å². The highest BCUT2D eigenvalue weighted by Crippen LogP contribution is 2.23. The van der Waals surface area contributed by atoms with Crippen molar-refractivity contribution in [2.75, 3.05) is 26.2 Å². The maximum atomic E-state index is 14.5. The Hall–Kier alpha value is -3.36. The number of carbonyl (C=O) groups excluding carboxylic acids is 3. The van der Waals surface area contributed by atoms with E-state index in [0.29, 0.717) is 6.42 Å². The number of piperazine rings is 1. The number of Topliss-reactive ketones (excluding diaryl/α,β-unsaturated/α-hetero) is 1. The third-order valence-electron chi connectivity index (χ3n) is 6.17. The van der Waals surface area contributed by atoms with Crippen molar-refractivity contribution in [1.82, 2.24) is 20.0 Å². The predicted molar refractivity (Wildman–Crippen MR) is 114 cm³/mol. The number of amides is 2. The van der Waals surface area contributed by atoms with Gasteiger partial charge in [-0.25, -0.2) is 9.49 Å². The summed E-state index contributed by atoms with van der Waals surface area (Å²) in [5, 5.41) is 6.78. The number of nitrogens with zero attached hydrogens (tertiary/aromatic N) is 3. The lowest BCUT2D eigenvalue weighted by atomic mass is 9.90. The Bertz CT molecular complexity index is 1140. The third-order valence-corrected chi connectivity index (χ3v) is 6.17. The van der Waals surface area contributed by atoms with Gasteiger partial charge < -0.3 is 9.80 Å². The molecule has 1 saturated heterocycles. The molecule has 0 spiro atoms. The summed E-state index contributed by atoms with van der Waals surface area (Å²) in [5.74, 6) is -2.17. The number of benzene rings is 1. The fraction of sp³-hybridized carbons (Fsp3) is 0.435. The van der Waals surface area contributed by atoms with E-state index in [2.05, 4.69) is 10.2 Å². The van der Waals surface area contributed by atoms with Gasteiger partial charge in [0.2, 0.25) is 5.78 Å². The number of aromatic amines is 1. The minimum atomic E-state index is -0.613. The van der Waals surface area contributed by atoms with Gasteiger partial charge in [-0.1, -0.05) is 6.07 Å². The van der Waals surface area contributed by atoms with Gasteiger partial charge in [-0.15, -0.1) is 0 Å². The molecule has 4 rings (SSSR count). The van der Waals surface area contributed by atoms with E-state index in [1.165, 1.54) is 28.9 Å². The SMILES string of the molecule is CC(=O)C(=O)N1CCN(C(=O)c2cc(Cc3n[nH]c(=O)c4c3CCCC4)ccc2F)CC1.